The lowest BCUT2D eigenvalue weighted by Crippen LogP contribution is -2.28. The number of rotatable bonds is 5. The van der Waals surface area contributed by atoms with Crippen LogP contribution in [0.15, 0.2) is 28.7 Å². The summed E-state index contributed by atoms with van der Waals surface area (Å²) >= 11 is 3.46. The first-order chi connectivity index (χ1) is 9.17. The van der Waals surface area contributed by atoms with Gasteiger partial charge in [-0.1, -0.05) is 55.8 Å². The lowest BCUT2D eigenvalue weighted by Gasteiger charge is -2.25. The Morgan fingerprint density at radius 2 is 2.00 bits per heavy atom. The first-order valence-electron chi connectivity index (χ1n) is 7.16. The van der Waals surface area contributed by atoms with Crippen LogP contribution in [0.25, 0.3) is 0 Å². The first-order valence-corrected chi connectivity index (χ1v) is 7.95. The van der Waals surface area contributed by atoms with E-state index >= 15 is 0 Å². The Kier molecular flexibility index (Phi) is 6.25. The third kappa shape index (κ3) is 6.56. The molecule has 2 nitrogen and oxygen atoms in total. The van der Waals surface area contributed by atoms with Crippen LogP contribution < -0.4 is 0 Å². The number of nitrogens with zero attached hydrogens (tertiary/aromatic N) is 1. The zero-order chi connectivity index (χ0) is 15.3. The number of benzene rings is 1. The van der Waals surface area contributed by atoms with Crippen LogP contribution in [0.1, 0.15) is 46.1 Å². The van der Waals surface area contributed by atoms with Gasteiger partial charge in [0.25, 0.3) is 0 Å². The molecular weight excluding hydrogens is 314 g/mol. The molecule has 0 aliphatic rings. The minimum Gasteiger partial charge on any atom is -0.341 e. The van der Waals surface area contributed by atoms with E-state index in [1.165, 1.54) is 0 Å². The molecule has 1 atom stereocenters. The summed E-state index contributed by atoms with van der Waals surface area (Å²) in [5.41, 5.74) is 1.43. The molecule has 1 aromatic rings. The highest BCUT2D eigenvalue weighted by Gasteiger charge is 2.19. The van der Waals surface area contributed by atoms with Crippen LogP contribution in [0.2, 0.25) is 0 Å². The van der Waals surface area contributed by atoms with Gasteiger partial charge in [0.2, 0.25) is 5.91 Å². The van der Waals surface area contributed by atoms with Crippen LogP contribution in [0.3, 0.4) is 0 Å². The van der Waals surface area contributed by atoms with Crippen molar-refractivity contribution in [1.29, 1.82) is 0 Å². The van der Waals surface area contributed by atoms with Gasteiger partial charge in [-0.15, -0.1) is 0 Å². The number of carbonyl (C=O) groups is 1. The fraction of sp³-hybridized carbons (Fsp3) is 0.588. The molecule has 0 aliphatic heterocycles. The van der Waals surface area contributed by atoms with Crippen molar-refractivity contribution in [1.82, 2.24) is 4.90 Å². The van der Waals surface area contributed by atoms with Crippen LogP contribution in [-0.4, -0.2) is 17.9 Å². The number of amides is 1. The zero-order valence-electron chi connectivity index (χ0n) is 13.2. The van der Waals surface area contributed by atoms with E-state index in [-0.39, 0.29) is 11.3 Å². The Labute approximate surface area is 131 Å². The smallest absolute Gasteiger partial charge is 0.222 e. The number of hydrogen-bond acceptors (Lipinski definition) is 1. The predicted molar refractivity (Wildman–Crippen MR) is 88.5 cm³/mol. The molecule has 1 amide bonds. The summed E-state index contributed by atoms with van der Waals surface area (Å²) < 4.78 is 1.05. The van der Waals surface area contributed by atoms with Crippen LogP contribution in [-0.2, 0) is 11.3 Å². The molecule has 0 bridgehead atoms. The molecule has 0 saturated carbocycles. The van der Waals surface area contributed by atoms with E-state index in [2.05, 4.69) is 49.7 Å². The fourth-order valence-corrected chi connectivity index (χ4v) is 3.02. The van der Waals surface area contributed by atoms with Gasteiger partial charge in [0.1, 0.15) is 0 Å². The minimum atomic E-state index is 0.224. The Bertz CT molecular complexity index is 451. The first kappa shape index (κ1) is 17.2. The monoisotopic (exact) mass is 339 g/mol. The van der Waals surface area contributed by atoms with E-state index in [1.807, 2.05) is 30.1 Å². The second-order valence-electron chi connectivity index (χ2n) is 6.95. The molecule has 1 rings (SSSR count). The van der Waals surface area contributed by atoms with Crippen molar-refractivity contribution >= 4 is 21.8 Å². The van der Waals surface area contributed by atoms with Crippen LogP contribution in [0.5, 0.6) is 0 Å². The molecule has 1 aromatic carbocycles. The SMILES string of the molecule is CC(CC(=O)N(C)Cc1cccc(Br)c1)CC(C)(C)C. The van der Waals surface area contributed by atoms with Gasteiger partial charge in [-0.05, 0) is 35.4 Å². The second kappa shape index (κ2) is 7.26. The standard InChI is InChI=1S/C17H26BrNO/c1-13(11-17(2,3)4)9-16(20)19(5)12-14-7-6-8-15(18)10-14/h6-8,10,13H,9,11-12H2,1-5H3. The molecule has 0 saturated heterocycles. The van der Waals surface area contributed by atoms with Gasteiger partial charge in [0.15, 0.2) is 0 Å². The molecule has 0 aromatic heterocycles. The van der Waals surface area contributed by atoms with Crippen molar-refractivity contribution in [3.63, 3.8) is 0 Å². The highest BCUT2D eigenvalue weighted by atomic mass is 79.9. The Hall–Kier alpha value is -0.830. The van der Waals surface area contributed by atoms with Crippen LogP contribution in [0.4, 0.5) is 0 Å². The van der Waals surface area contributed by atoms with Gasteiger partial charge in [0.05, 0.1) is 0 Å². The molecule has 112 valence electrons. The number of carbonyl (C=O) groups excluding carboxylic acids is 1. The zero-order valence-corrected chi connectivity index (χ0v) is 14.8. The topological polar surface area (TPSA) is 20.3 Å². The average Bonchev–Trinajstić information content (AvgIpc) is 2.25. The third-order valence-electron chi connectivity index (χ3n) is 3.22. The predicted octanol–water partition coefficient (Wildman–Crippen LogP) is 4.87. The quantitative estimate of drug-likeness (QED) is 0.749. The summed E-state index contributed by atoms with van der Waals surface area (Å²) in [5, 5.41) is 0. The highest BCUT2D eigenvalue weighted by Crippen LogP contribution is 2.26. The number of halogens is 1. The largest absolute Gasteiger partial charge is 0.341 e. The van der Waals surface area contributed by atoms with Crippen molar-refractivity contribution in [2.24, 2.45) is 11.3 Å². The van der Waals surface area contributed by atoms with Crippen molar-refractivity contribution in [3.8, 4) is 0 Å². The van der Waals surface area contributed by atoms with E-state index in [0.29, 0.717) is 18.9 Å². The minimum absolute atomic E-state index is 0.224. The van der Waals surface area contributed by atoms with Gasteiger partial charge in [-0.25, -0.2) is 0 Å². The average molecular weight is 340 g/mol. The number of hydrogen-bond donors (Lipinski definition) is 0. The van der Waals surface area contributed by atoms with Crippen molar-refractivity contribution < 1.29 is 4.79 Å². The fourth-order valence-electron chi connectivity index (χ4n) is 2.57. The van der Waals surface area contributed by atoms with Crippen LogP contribution >= 0.6 is 15.9 Å². The van der Waals surface area contributed by atoms with E-state index in [4.69, 9.17) is 0 Å². The summed E-state index contributed by atoms with van der Waals surface area (Å²) in [6, 6.07) is 8.10. The van der Waals surface area contributed by atoms with E-state index in [9.17, 15) is 4.79 Å². The van der Waals surface area contributed by atoms with Gasteiger partial charge < -0.3 is 4.90 Å². The van der Waals surface area contributed by atoms with Gasteiger partial charge in [0, 0.05) is 24.5 Å². The maximum atomic E-state index is 12.2. The molecule has 0 heterocycles. The molecule has 0 N–H and O–H groups in total. The normalized spacial score (nSPS) is 13.1. The van der Waals surface area contributed by atoms with Crippen molar-refractivity contribution in [2.75, 3.05) is 7.05 Å². The Morgan fingerprint density at radius 3 is 2.55 bits per heavy atom. The van der Waals surface area contributed by atoms with Crippen molar-refractivity contribution in [2.45, 2.75) is 47.1 Å². The van der Waals surface area contributed by atoms with E-state index < -0.39 is 0 Å². The molecule has 0 spiro atoms. The summed E-state index contributed by atoms with van der Waals surface area (Å²) in [7, 11) is 1.88. The molecule has 0 aliphatic carbocycles. The molecule has 0 fully saturated rings. The lowest BCUT2D eigenvalue weighted by atomic mass is 9.84. The molecule has 20 heavy (non-hydrogen) atoms. The maximum absolute atomic E-state index is 12.2. The Balaban J connectivity index is 2.51. The van der Waals surface area contributed by atoms with Gasteiger partial charge in [-0.2, -0.15) is 0 Å². The summed E-state index contributed by atoms with van der Waals surface area (Å²) in [4.78, 5) is 14.1. The Morgan fingerprint density at radius 1 is 1.35 bits per heavy atom. The highest BCUT2D eigenvalue weighted by molar-refractivity contribution is 9.10. The van der Waals surface area contributed by atoms with Gasteiger partial charge >= 0.3 is 0 Å². The van der Waals surface area contributed by atoms with Gasteiger partial charge in [-0.3, -0.25) is 4.79 Å². The van der Waals surface area contributed by atoms with E-state index in [0.717, 1.165) is 16.5 Å². The molecule has 0 radical (unpaired) electrons. The molecule has 1 unspecified atom stereocenters. The second-order valence-corrected chi connectivity index (χ2v) is 7.87. The molecule has 3 heteroatoms. The summed E-state index contributed by atoms with van der Waals surface area (Å²) in [6.07, 6.45) is 1.70. The van der Waals surface area contributed by atoms with Crippen molar-refractivity contribution in [3.05, 3.63) is 34.3 Å². The molecular formula is C17H26BrNO. The summed E-state index contributed by atoms with van der Waals surface area (Å²) in [5.74, 6) is 0.647. The van der Waals surface area contributed by atoms with E-state index in [1.54, 1.807) is 0 Å². The third-order valence-corrected chi connectivity index (χ3v) is 3.71. The van der Waals surface area contributed by atoms with Crippen LogP contribution in [0, 0.1) is 11.3 Å². The maximum Gasteiger partial charge on any atom is 0.222 e. The lowest BCUT2D eigenvalue weighted by molar-refractivity contribution is -0.131. The summed E-state index contributed by atoms with van der Waals surface area (Å²) in [6.45, 7) is 9.49.